The van der Waals surface area contributed by atoms with Crippen molar-refractivity contribution in [3.8, 4) is 5.75 Å². The molecule has 0 amide bonds. The minimum Gasteiger partial charge on any atom is -0.492 e. The topological polar surface area (TPSA) is 42.8 Å². The molecule has 0 spiro atoms. The molecule has 0 aliphatic rings. The molecule has 0 saturated heterocycles. The van der Waals surface area contributed by atoms with E-state index in [1.807, 2.05) is 43.5 Å². The van der Waals surface area contributed by atoms with Gasteiger partial charge in [-0.2, -0.15) is 0 Å². The maximum absolute atomic E-state index is 5.63. The molecular weight excluding hydrogens is 270 g/mol. The van der Waals surface area contributed by atoms with E-state index in [-0.39, 0.29) is 0 Å². The van der Waals surface area contributed by atoms with E-state index >= 15 is 0 Å². The molecule has 0 fully saturated rings. The molecule has 0 bridgehead atoms. The molecule has 0 radical (unpaired) electrons. The van der Waals surface area contributed by atoms with Crippen LogP contribution >= 0.6 is 12.2 Å². The van der Waals surface area contributed by atoms with Crippen LogP contribution in [0.15, 0.2) is 42.7 Å². The van der Waals surface area contributed by atoms with Crippen LogP contribution in [-0.4, -0.2) is 21.1 Å². The molecule has 102 valence electrons. The van der Waals surface area contributed by atoms with Gasteiger partial charge in [-0.3, -0.25) is 4.98 Å². The lowest BCUT2D eigenvalue weighted by Gasteiger charge is -2.06. The van der Waals surface area contributed by atoms with Gasteiger partial charge in [0.1, 0.15) is 11.3 Å². The zero-order valence-electron chi connectivity index (χ0n) is 11.2. The highest BCUT2D eigenvalue weighted by atomic mass is 32.1. The van der Waals surface area contributed by atoms with Gasteiger partial charge in [-0.25, -0.2) is 0 Å². The van der Waals surface area contributed by atoms with E-state index in [0.717, 1.165) is 22.3 Å². The Morgan fingerprint density at radius 2 is 2.20 bits per heavy atom. The van der Waals surface area contributed by atoms with E-state index in [4.69, 9.17) is 17.0 Å². The average Bonchev–Trinajstić information content (AvgIpc) is 2.78. The summed E-state index contributed by atoms with van der Waals surface area (Å²) >= 11 is 5.43. The van der Waals surface area contributed by atoms with Crippen LogP contribution in [0.25, 0.3) is 11.0 Å². The van der Waals surface area contributed by atoms with Gasteiger partial charge in [0.2, 0.25) is 0 Å². The number of aromatic nitrogens is 3. The lowest BCUT2D eigenvalue weighted by molar-refractivity contribution is 0.343. The summed E-state index contributed by atoms with van der Waals surface area (Å²) in [5.41, 5.74) is 3.11. The van der Waals surface area contributed by atoms with E-state index < -0.39 is 0 Å². The zero-order valence-corrected chi connectivity index (χ0v) is 12.0. The van der Waals surface area contributed by atoms with Crippen molar-refractivity contribution in [3.63, 3.8) is 0 Å². The predicted octanol–water partition coefficient (Wildman–Crippen LogP) is 3.54. The standard InChI is InChI=1S/C15H15N3OS/c1-2-19-13-7-3-6-12-14(13)17-15(20)18(12)10-11-5-4-8-16-9-11/h3-9H,2,10H2,1H3,(H,17,20). The van der Waals surface area contributed by atoms with Gasteiger partial charge in [-0.1, -0.05) is 12.1 Å². The number of benzene rings is 1. The number of imidazole rings is 1. The zero-order chi connectivity index (χ0) is 13.9. The molecule has 0 aliphatic carbocycles. The fourth-order valence-corrected chi connectivity index (χ4v) is 2.53. The predicted molar refractivity (Wildman–Crippen MR) is 81.6 cm³/mol. The third kappa shape index (κ3) is 2.32. The number of ether oxygens (including phenoxy) is 1. The molecule has 0 unspecified atom stereocenters. The average molecular weight is 285 g/mol. The minimum atomic E-state index is 0.632. The molecule has 4 nitrogen and oxygen atoms in total. The number of nitrogens with one attached hydrogen (secondary N) is 1. The van der Waals surface area contributed by atoms with Gasteiger partial charge in [-0.05, 0) is 42.9 Å². The van der Waals surface area contributed by atoms with E-state index in [1.165, 1.54) is 0 Å². The van der Waals surface area contributed by atoms with Crippen molar-refractivity contribution in [3.05, 3.63) is 53.1 Å². The molecule has 0 aliphatic heterocycles. The summed E-state index contributed by atoms with van der Waals surface area (Å²) in [6.07, 6.45) is 3.62. The highest BCUT2D eigenvalue weighted by molar-refractivity contribution is 7.71. The third-order valence-electron chi connectivity index (χ3n) is 3.14. The first-order valence-corrected chi connectivity index (χ1v) is 6.93. The number of nitrogens with zero attached hydrogens (tertiary/aromatic N) is 2. The van der Waals surface area contributed by atoms with Crippen molar-refractivity contribution < 1.29 is 4.74 Å². The number of aromatic amines is 1. The number of rotatable bonds is 4. The van der Waals surface area contributed by atoms with Gasteiger partial charge in [0.15, 0.2) is 4.77 Å². The largest absolute Gasteiger partial charge is 0.492 e. The first-order chi connectivity index (χ1) is 9.79. The number of para-hydroxylation sites is 1. The summed E-state index contributed by atoms with van der Waals surface area (Å²) in [5.74, 6) is 0.834. The quantitative estimate of drug-likeness (QED) is 0.746. The summed E-state index contributed by atoms with van der Waals surface area (Å²) in [4.78, 5) is 7.37. The Morgan fingerprint density at radius 3 is 2.95 bits per heavy atom. The number of pyridine rings is 1. The summed E-state index contributed by atoms with van der Waals surface area (Å²) in [7, 11) is 0. The van der Waals surface area contributed by atoms with Crippen LogP contribution in [-0.2, 0) is 6.54 Å². The highest BCUT2D eigenvalue weighted by Gasteiger charge is 2.09. The van der Waals surface area contributed by atoms with Crippen LogP contribution in [0.4, 0.5) is 0 Å². The maximum atomic E-state index is 5.63. The molecule has 1 N–H and O–H groups in total. The summed E-state index contributed by atoms with van der Waals surface area (Å²) in [6.45, 7) is 3.30. The van der Waals surface area contributed by atoms with Crippen molar-refractivity contribution in [1.29, 1.82) is 0 Å². The number of hydrogen-bond acceptors (Lipinski definition) is 3. The second kappa shape index (κ2) is 5.46. The molecule has 1 aromatic carbocycles. The van der Waals surface area contributed by atoms with Crippen LogP contribution < -0.4 is 4.74 Å². The van der Waals surface area contributed by atoms with Crippen molar-refractivity contribution in [2.45, 2.75) is 13.5 Å². The van der Waals surface area contributed by atoms with Crippen molar-refractivity contribution in [2.75, 3.05) is 6.61 Å². The first kappa shape index (κ1) is 12.9. The van der Waals surface area contributed by atoms with E-state index in [2.05, 4.69) is 14.5 Å². The summed E-state index contributed by atoms with van der Waals surface area (Å²) in [5, 5.41) is 0. The van der Waals surface area contributed by atoms with Crippen LogP contribution in [0.2, 0.25) is 0 Å². The van der Waals surface area contributed by atoms with Gasteiger partial charge in [0.05, 0.1) is 18.7 Å². The number of hydrogen-bond donors (Lipinski definition) is 1. The molecule has 0 saturated carbocycles. The molecule has 2 heterocycles. The maximum Gasteiger partial charge on any atom is 0.178 e. The molecular formula is C15H15N3OS. The van der Waals surface area contributed by atoms with Gasteiger partial charge >= 0.3 is 0 Å². The van der Waals surface area contributed by atoms with Crippen LogP contribution in [0.1, 0.15) is 12.5 Å². The Bertz CT molecular complexity index is 777. The van der Waals surface area contributed by atoms with E-state index in [1.54, 1.807) is 6.20 Å². The van der Waals surface area contributed by atoms with Crippen molar-refractivity contribution in [2.24, 2.45) is 0 Å². The number of fused-ring (bicyclic) bond motifs is 1. The molecule has 20 heavy (non-hydrogen) atoms. The highest BCUT2D eigenvalue weighted by Crippen LogP contribution is 2.25. The van der Waals surface area contributed by atoms with Crippen molar-refractivity contribution in [1.82, 2.24) is 14.5 Å². The van der Waals surface area contributed by atoms with Gasteiger partial charge < -0.3 is 14.3 Å². The fraction of sp³-hybridized carbons (Fsp3) is 0.200. The molecule has 2 aromatic heterocycles. The van der Waals surface area contributed by atoms with Crippen LogP contribution in [0, 0.1) is 4.77 Å². The fourth-order valence-electron chi connectivity index (χ4n) is 2.26. The van der Waals surface area contributed by atoms with Crippen LogP contribution in [0.5, 0.6) is 5.75 Å². The van der Waals surface area contributed by atoms with Gasteiger partial charge in [-0.15, -0.1) is 0 Å². The molecule has 5 heteroatoms. The monoisotopic (exact) mass is 285 g/mol. The first-order valence-electron chi connectivity index (χ1n) is 6.53. The SMILES string of the molecule is CCOc1cccc2c1[nH]c(=S)n2Cc1cccnc1. The summed E-state index contributed by atoms with van der Waals surface area (Å²) < 4.78 is 8.38. The Kier molecular flexibility index (Phi) is 3.52. The molecule has 0 atom stereocenters. The second-order valence-electron chi connectivity index (χ2n) is 4.46. The van der Waals surface area contributed by atoms with Crippen molar-refractivity contribution >= 4 is 23.3 Å². The third-order valence-corrected chi connectivity index (χ3v) is 3.46. The minimum absolute atomic E-state index is 0.632. The molecule has 3 rings (SSSR count). The second-order valence-corrected chi connectivity index (χ2v) is 4.85. The Hall–Kier alpha value is -2.14. The van der Waals surface area contributed by atoms with Gasteiger partial charge in [0, 0.05) is 12.4 Å². The Morgan fingerprint density at radius 1 is 1.30 bits per heavy atom. The summed E-state index contributed by atoms with van der Waals surface area (Å²) in [6, 6.07) is 9.95. The lowest BCUT2D eigenvalue weighted by atomic mass is 10.2. The lowest BCUT2D eigenvalue weighted by Crippen LogP contribution is -2.00. The number of H-pyrrole nitrogens is 1. The van der Waals surface area contributed by atoms with E-state index in [9.17, 15) is 0 Å². The van der Waals surface area contributed by atoms with Crippen LogP contribution in [0.3, 0.4) is 0 Å². The van der Waals surface area contributed by atoms with Gasteiger partial charge in [0.25, 0.3) is 0 Å². The normalized spacial score (nSPS) is 10.8. The Labute approximate surface area is 122 Å². The Balaban J connectivity index is 2.10. The molecule has 3 aromatic rings. The smallest absolute Gasteiger partial charge is 0.178 e. The van der Waals surface area contributed by atoms with E-state index in [0.29, 0.717) is 17.9 Å².